The first kappa shape index (κ1) is 21.3. The Morgan fingerprint density at radius 3 is 2.65 bits per heavy atom. The van der Waals surface area contributed by atoms with Crippen LogP contribution in [0.15, 0.2) is 42.5 Å². The highest BCUT2D eigenvalue weighted by atomic mass is 19.1. The van der Waals surface area contributed by atoms with Gasteiger partial charge in [0, 0.05) is 38.9 Å². The molecule has 2 aromatic carbocycles. The van der Waals surface area contributed by atoms with Gasteiger partial charge in [0.1, 0.15) is 5.82 Å². The lowest BCUT2D eigenvalue weighted by Crippen LogP contribution is -2.45. The lowest BCUT2D eigenvalue weighted by Gasteiger charge is -2.35. The number of benzene rings is 2. The lowest BCUT2D eigenvalue weighted by molar-refractivity contribution is -0.136. The van der Waals surface area contributed by atoms with E-state index in [1.165, 1.54) is 29.4 Å². The molecular formula is C23H27FN4O3. The molecule has 31 heavy (non-hydrogen) atoms. The molecule has 2 N–H and O–H groups in total. The van der Waals surface area contributed by atoms with Crippen LogP contribution in [0, 0.1) is 5.82 Å². The van der Waals surface area contributed by atoms with Crippen molar-refractivity contribution in [1.29, 1.82) is 0 Å². The molecule has 2 amide bonds. The summed E-state index contributed by atoms with van der Waals surface area (Å²) in [6.07, 6.45) is 0.993. The fraction of sp³-hybridized carbons (Fsp3) is 0.391. The van der Waals surface area contributed by atoms with Gasteiger partial charge in [0.2, 0.25) is 0 Å². The van der Waals surface area contributed by atoms with Crippen LogP contribution >= 0.6 is 0 Å². The fourth-order valence-electron chi connectivity index (χ4n) is 4.15. The Balaban J connectivity index is 1.46. The summed E-state index contributed by atoms with van der Waals surface area (Å²) < 4.78 is 19.2. The molecule has 0 radical (unpaired) electrons. The van der Waals surface area contributed by atoms with E-state index >= 15 is 0 Å². The molecule has 0 spiro atoms. The standard InChI is InChI=1S/C23H27FN4O3/c1-27-9-8-17-14-16(6-7-20(17)27)21(28-10-12-31-13-11-28)15-25-22(29)23(30)26-19-5-3-2-4-18(19)24/h2-7,14,21H,8-13,15H2,1H3,(H,25,29)(H,26,30)/t21-/m1/s1. The van der Waals surface area contributed by atoms with Gasteiger partial charge in [-0.05, 0) is 35.7 Å². The summed E-state index contributed by atoms with van der Waals surface area (Å²) in [7, 11) is 2.08. The van der Waals surface area contributed by atoms with Crippen LogP contribution in [0.4, 0.5) is 15.8 Å². The van der Waals surface area contributed by atoms with E-state index in [1.54, 1.807) is 6.07 Å². The SMILES string of the molecule is CN1CCc2cc([C@@H](CNC(=O)C(=O)Nc3ccccc3F)N3CCOCC3)ccc21. The predicted octanol–water partition coefficient (Wildman–Crippen LogP) is 1.95. The summed E-state index contributed by atoms with van der Waals surface area (Å²) in [6.45, 7) is 4.03. The van der Waals surface area contributed by atoms with Crippen LogP contribution in [0.3, 0.4) is 0 Å². The van der Waals surface area contributed by atoms with Gasteiger partial charge in [-0.15, -0.1) is 0 Å². The van der Waals surface area contributed by atoms with Crippen molar-refractivity contribution in [1.82, 2.24) is 10.2 Å². The molecular weight excluding hydrogens is 399 g/mol. The van der Waals surface area contributed by atoms with E-state index in [4.69, 9.17) is 4.74 Å². The highest BCUT2D eigenvalue weighted by Crippen LogP contribution is 2.31. The number of fused-ring (bicyclic) bond motifs is 1. The van der Waals surface area contributed by atoms with Crippen molar-refractivity contribution in [2.75, 3.05) is 56.7 Å². The van der Waals surface area contributed by atoms with Gasteiger partial charge in [-0.25, -0.2) is 4.39 Å². The van der Waals surface area contributed by atoms with Crippen molar-refractivity contribution < 1.29 is 18.7 Å². The molecule has 2 aromatic rings. The number of likely N-dealkylation sites (N-methyl/N-ethyl adjacent to an activating group) is 1. The van der Waals surface area contributed by atoms with Gasteiger partial charge in [0.05, 0.1) is 24.9 Å². The minimum Gasteiger partial charge on any atom is -0.379 e. The number of nitrogens with zero attached hydrogens (tertiary/aromatic N) is 2. The molecule has 4 rings (SSSR count). The first-order valence-electron chi connectivity index (χ1n) is 10.5. The summed E-state index contributed by atoms with van der Waals surface area (Å²) in [6, 6.07) is 12.1. The summed E-state index contributed by atoms with van der Waals surface area (Å²) in [5.74, 6) is -2.26. The minimum absolute atomic E-state index is 0.0184. The number of hydrogen-bond acceptors (Lipinski definition) is 5. The zero-order chi connectivity index (χ0) is 21.8. The van der Waals surface area contributed by atoms with E-state index in [2.05, 4.69) is 45.7 Å². The van der Waals surface area contributed by atoms with Crippen molar-refractivity contribution in [2.24, 2.45) is 0 Å². The number of rotatable bonds is 5. The number of hydrogen-bond donors (Lipinski definition) is 2. The summed E-state index contributed by atoms with van der Waals surface area (Å²) >= 11 is 0. The smallest absolute Gasteiger partial charge is 0.313 e. The van der Waals surface area contributed by atoms with Gasteiger partial charge in [-0.3, -0.25) is 14.5 Å². The van der Waals surface area contributed by atoms with Crippen LogP contribution < -0.4 is 15.5 Å². The molecule has 164 valence electrons. The molecule has 0 aromatic heterocycles. The van der Waals surface area contributed by atoms with E-state index in [1.807, 2.05) is 0 Å². The fourth-order valence-corrected chi connectivity index (χ4v) is 4.15. The van der Waals surface area contributed by atoms with Gasteiger partial charge in [-0.2, -0.15) is 0 Å². The molecule has 0 aliphatic carbocycles. The first-order chi connectivity index (χ1) is 15.0. The van der Waals surface area contributed by atoms with Gasteiger partial charge < -0.3 is 20.3 Å². The molecule has 0 unspecified atom stereocenters. The normalized spacial score (nSPS) is 17.2. The number of carbonyl (C=O) groups is 2. The first-order valence-corrected chi connectivity index (χ1v) is 10.5. The number of para-hydroxylation sites is 1. The summed E-state index contributed by atoms with van der Waals surface area (Å²) in [5.41, 5.74) is 3.61. The Bertz CT molecular complexity index is 962. The summed E-state index contributed by atoms with van der Waals surface area (Å²) in [4.78, 5) is 29.2. The lowest BCUT2D eigenvalue weighted by atomic mass is 10.0. The van der Waals surface area contributed by atoms with Crippen molar-refractivity contribution in [2.45, 2.75) is 12.5 Å². The molecule has 2 aliphatic heterocycles. The quantitative estimate of drug-likeness (QED) is 0.715. The monoisotopic (exact) mass is 426 g/mol. The Morgan fingerprint density at radius 1 is 1.10 bits per heavy atom. The zero-order valence-corrected chi connectivity index (χ0v) is 17.6. The third-order valence-electron chi connectivity index (χ3n) is 5.89. The number of carbonyl (C=O) groups excluding carboxylic acids is 2. The molecule has 1 saturated heterocycles. The van der Waals surface area contributed by atoms with Crippen LogP contribution in [0.2, 0.25) is 0 Å². The Labute approximate surface area is 181 Å². The highest BCUT2D eigenvalue weighted by Gasteiger charge is 2.26. The molecule has 8 heteroatoms. The second kappa shape index (κ2) is 9.45. The topological polar surface area (TPSA) is 73.9 Å². The Hall–Kier alpha value is -2.97. The third-order valence-corrected chi connectivity index (χ3v) is 5.89. The van der Waals surface area contributed by atoms with Crippen LogP contribution in [0.25, 0.3) is 0 Å². The number of morpholine rings is 1. The number of nitrogens with one attached hydrogen (secondary N) is 2. The largest absolute Gasteiger partial charge is 0.379 e. The Morgan fingerprint density at radius 2 is 1.87 bits per heavy atom. The van der Waals surface area contributed by atoms with Gasteiger partial charge in [-0.1, -0.05) is 24.3 Å². The van der Waals surface area contributed by atoms with Gasteiger partial charge in [0.15, 0.2) is 0 Å². The van der Waals surface area contributed by atoms with Crippen molar-refractivity contribution >= 4 is 23.2 Å². The second-order valence-electron chi connectivity index (χ2n) is 7.87. The van der Waals surface area contributed by atoms with Crippen LogP contribution in [-0.2, 0) is 20.7 Å². The van der Waals surface area contributed by atoms with E-state index in [9.17, 15) is 14.0 Å². The zero-order valence-electron chi connectivity index (χ0n) is 17.6. The molecule has 2 heterocycles. The number of halogens is 1. The van der Waals surface area contributed by atoms with Crippen LogP contribution in [-0.4, -0.2) is 63.2 Å². The molecule has 7 nitrogen and oxygen atoms in total. The van der Waals surface area contributed by atoms with Crippen molar-refractivity contribution in [3.05, 3.63) is 59.4 Å². The van der Waals surface area contributed by atoms with Crippen LogP contribution in [0.1, 0.15) is 17.2 Å². The number of amides is 2. The van der Waals surface area contributed by atoms with E-state index in [0.29, 0.717) is 13.2 Å². The molecule has 0 bridgehead atoms. The number of ether oxygens (including phenoxy) is 1. The number of anilines is 2. The highest BCUT2D eigenvalue weighted by molar-refractivity contribution is 6.39. The van der Waals surface area contributed by atoms with Gasteiger partial charge in [0.25, 0.3) is 0 Å². The van der Waals surface area contributed by atoms with Crippen LogP contribution in [0.5, 0.6) is 0 Å². The summed E-state index contributed by atoms with van der Waals surface area (Å²) in [5, 5.41) is 5.05. The van der Waals surface area contributed by atoms with Gasteiger partial charge >= 0.3 is 11.8 Å². The maximum absolute atomic E-state index is 13.8. The second-order valence-corrected chi connectivity index (χ2v) is 7.87. The predicted molar refractivity (Wildman–Crippen MR) is 117 cm³/mol. The average Bonchev–Trinajstić information content (AvgIpc) is 3.16. The van der Waals surface area contributed by atoms with E-state index < -0.39 is 17.6 Å². The molecule has 0 saturated carbocycles. The molecule has 2 aliphatic rings. The average molecular weight is 426 g/mol. The van der Waals surface area contributed by atoms with E-state index in [0.717, 1.165) is 31.6 Å². The molecule has 1 atom stereocenters. The maximum atomic E-state index is 13.8. The van der Waals surface area contributed by atoms with Crippen molar-refractivity contribution in [3.63, 3.8) is 0 Å². The van der Waals surface area contributed by atoms with Crippen molar-refractivity contribution in [3.8, 4) is 0 Å². The maximum Gasteiger partial charge on any atom is 0.313 e. The van der Waals surface area contributed by atoms with E-state index in [-0.39, 0.29) is 18.3 Å². The third kappa shape index (κ3) is 4.86. The molecule has 1 fully saturated rings. The Kier molecular flexibility index (Phi) is 6.48. The minimum atomic E-state index is -0.888.